The van der Waals surface area contributed by atoms with E-state index in [0.29, 0.717) is 18.7 Å². The maximum absolute atomic E-state index is 12.0. The number of amides is 2. The molecule has 5 heteroatoms. The molecule has 0 aromatic heterocycles. The predicted molar refractivity (Wildman–Crippen MR) is 107 cm³/mol. The van der Waals surface area contributed by atoms with Gasteiger partial charge in [0.1, 0.15) is 0 Å². The molecule has 2 N–H and O–H groups in total. The molecule has 0 radical (unpaired) electrons. The average molecular weight is 366 g/mol. The smallest absolute Gasteiger partial charge is 0.251 e. The summed E-state index contributed by atoms with van der Waals surface area (Å²) >= 11 is 0. The summed E-state index contributed by atoms with van der Waals surface area (Å²) in [7, 11) is 1.59. The quantitative estimate of drug-likeness (QED) is 0.705. The number of hydrogen-bond donors (Lipinski definition) is 2. The van der Waals surface area contributed by atoms with E-state index < -0.39 is 0 Å². The number of benzene rings is 2. The van der Waals surface area contributed by atoms with Crippen molar-refractivity contribution in [2.45, 2.75) is 33.1 Å². The number of nitrogens with one attached hydrogen (secondary N) is 2. The molecule has 5 nitrogen and oxygen atoms in total. The van der Waals surface area contributed by atoms with Crippen LogP contribution in [0.5, 0.6) is 0 Å². The number of carbonyl (C=O) groups excluding carboxylic acids is 2. The summed E-state index contributed by atoms with van der Waals surface area (Å²) in [6.45, 7) is 5.07. The molecule has 2 amide bonds. The fourth-order valence-electron chi connectivity index (χ4n) is 2.33. The largest absolute Gasteiger partial charge is 0.374 e. The van der Waals surface area contributed by atoms with E-state index in [4.69, 9.17) is 4.74 Å². The highest BCUT2D eigenvalue weighted by molar-refractivity contribution is 5.94. The Labute approximate surface area is 160 Å². The first-order valence-corrected chi connectivity index (χ1v) is 8.95. The standard InChI is InChI=1S/C22H26N2O3/c1-16(2)27-15-19-6-4-18(5-7-19)14-24-21(25)13-10-17-8-11-20(12-9-17)22(26)23-3/h4-13,16H,14-15H2,1-3H3,(H,23,26)(H,24,25)/b13-10+. The van der Waals surface area contributed by atoms with Crippen molar-refractivity contribution in [2.75, 3.05) is 7.05 Å². The first kappa shape index (κ1) is 20.4. The second kappa shape index (κ2) is 10.3. The Hall–Kier alpha value is -2.92. The van der Waals surface area contributed by atoms with E-state index in [9.17, 15) is 9.59 Å². The lowest BCUT2D eigenvalue weighted by molar-refractivity contribution is -0.116. The minimum atomic E-state index is -0.169. The molecule has 2 aromatic carbocycles. The third-order valence-corrected chi connectivity index (χ3v) is 3.90. The molecule has 0 fully saturated rings. The Morgan fingerprint density at radius 3 is 2.22 bits per heavy atom. The first-order chi connectivity index (χ1) is 13.0. The van der Waals surface area contributed by atoms with Crippen LogP contribution in [-0.2, 0) is 22.7 Å². The van der Waals surface area contributed by atoms with Gasteiger partial charge in [0.15, 0.2) is 0 Å². The number of rotatable bonds is 8. The van der Waals surface area contributed by atoms with Gasteiger partial charge in [-0.3, -0.25) is 9.59 Å². The zero-order chi connectivity index (χ0) is 19.6. The highest BCUT2D eigenvalue weighted by atomic mass is 16.5. The van der Waals surface area contributed by atoms with Crippen LogP contribution in [0.3, 0.4) is 0 Å². The highest BCUT2D eigenvalue weighted by Gasteiger charge is 2.02. The zero-order valence-corrected chi connectivity index (χ0v) is 16.0. The third kappa shape index (κ3) is 7.07. The monoisotopic (exact) mass is 366 g/mol. The third-order valence-electron chi connectivity index (χ3n) is 3.90. The minimum Gasteiger partial charge on any atom is -0.374 e. The summed E-state index contributed by atoms with van der Waals surface area (Å²) in [5.74, 6) is -0.303. The van der Waals surface area contributed by atoms with Gasteiger partial charge in [-0.25, -0.2) is 0 Å². The summed E-state index contributed by atoms with van der Waals surface area (Å²) < 4.78 is 5.57. The molecule has 0 spiro atoms. The molecule has 0 saturated heterocycles. The molecule has 0 aliphatic rings. The van der Waals surface area contributed by atoms with Crippen molar-refractivity contribution in [3.63, 3.8) is 0 Å². The lowest BCUT2D eigenvalue weighted by Crippen LogP contribution is -2.20. The van der Waals surface area contributed by atoms with Gasteiger partial charge in [0.05, 0.1) is 12.7 Å². The van der Waals surface area contributed by atoms with Crippen LogP contribution >= 0.6 is 0 Å². The Morgan fingerprint density at radius 2 is 1.63 bits per heavy atom. The van der Waals surface area contributed by atoms with Crippen molar-refractivity contribution in [3.05, 3.63) is 76.9 Å². The number of carbonyl (C=O) groups is 2. The van der Waals surface area contributed by atoms with Crippen LogP contribution in [0.1, 0.15) is 40.9 Å². The molecule has 0 bridgehead atoms. The van der Waals surface area contributed by atoms with Crippen LogP contribution in [-0.4, -0.2) is 25.0 Å². The summed E-state index contributed by atoms with van der Waals surface area (Å²) in [5, 5.41) is 5.43. The Morgan fingerprint density at radius 1 is 1.00 bits per heavy atom. The average Bonchev–Trinajstić information content (AvgIpc) is 2.69. The molecule has 0 heterocycles. The summed E-state index contributed by atoms with van der Waals surface area (Å²) in [6.07, 6.45) is 3.41. The van der Waals surface area contributed by atoms with Crippen LogP contribution < -0.4 is 10.6 Å². The van der Waals surface area contributed by atoms with Crippen LogP contribution in [0.2, 0.25) is 0 Å². The van der Waals surface area contributed by atoms with Crippen LogP contribution in [0.4, 0.5) is 0 Å². The molecule has 0 saturated carbocycles. The van der Waals surface area contributed by atoms with Crippen molar-refractivity contribution in [3.8, 4) is 0 Å². The molecular formula is C22H26N2O3. The van der Waals surface area contributed by atoms with Gasteiger partial charge in [-0.2, -0.15) is 0 Å². The van der Waals surface area contributed by atoms with Gasteiger partial charge in [-0.1, -0.05) is 36.4 Å². The SMILES string of the molecule is CNC(=O)c1ccc(/C=C/C(=O)NCc2ccc(COC(C)C)cc2)cc1. The molecule has 0 aliphatic heterocycles. The molecule has 0 unspecified atom stereocenters. The van der Waals surface area contributed by atoms with Gasteiger partial charge < -0.3 is 15.4 Å². The number of hydrogen-bond acceptors (Lipinski definition) is 3. The second-order valence-electron chi connectivity index (χ2n) is 6.43. The van der Waals surface area contributed by atoms with Crippen molar-refractivity contribution >= 4 is 17.9 Å². The fourth-order valence-corrected chi connectivity index (χ4v) is 2.33. The lowest BCUT2D eigenvalue weighted by Gasteiger charge is -2.08. The molecule has 0 atom stereocenters. The van der Waals surface area contributed by atoms with Gasteiger partial charge in [0.25, 0.3) is 5.91 Å². The van der Waals surface area contributed by atoms with Gasteiger partial charge in [-0.05, 0) is 48.7 Å². The summed E-state index contributed by atoms with van der Waals surface area (Å²) in [5.41, 5.74) is 3.58. The Kier molecular flexibility index (Phi) is 7.77. The van der Waals surface area contributed by atoms with E-state index in [2.05, 4.69) is 10.6 Å². The van der Waals surface area contributed by atoms with Gasteiger partial charge >= 0.3 is 0 Å². The molecular weight excluding hydrogens is 340 g/mol. The normalized spacial score (nSPS) is 11.0. The van der Waals surface area contributed by atoms with Crippen molar-refractivity contribution in [2.24, 2.45) is 0 Å². The maximum Gasteiger partial charge on any atom is 0.251 e. The van der Waals surface area contributed by atoms with Gasteiger partial charge in [0, 0.05) is 25.2 Å². The summed E-state index contributed by atoms with van der Waals surface area (Å²) in [4.78, 5) is 23.5. The molecule has 2 aromatic rings. The summed E-state index contributed by atoms with van der Waals surface area (Å²) in [6, 6.07) is 15.0. The molecule has 2 rings (SSSR count). The van der Waals surface area contributed by atoms with Gasteiger partial charge in [-0.15, -0.1) is 0 Å². The topological polar surface area (TPSA) is 67.4 Å². The predicted octanol–water partition coefficient (Wildman–Crippen LogP) is 3.30. The van der Waals surface area contributed by atoms with E-state index in [1.54, 1.807) is 37.4 Å². The Balaban J connectivity index is 1.81. The van der Waals surface area contributed by atoms with E-state index in [-0.39, 0.29) is 17.9 Å². The van der Waals surface area contributed by atoms with Crippen molar-refractivity contribution < 1.29 is 14.3 Å². The zero-order valence-electron chi connectivity index (χ0n) is 16.0. The van der Waals surface area contributed by atoms with E-state index in [0.717, 1.165) is 16.7 Å². The van der Waals surface area contributed by atoms with Crippen LogP contribution in [0, 0.1) is 0 Å². The maximum atomic E-state index is 12.0. The minimum absolute atomic E-state index is 0.134. The van der Waals surface area contributed by atoms with E-state index in [1.807, 2.05) is 38.1 Å². The lowest BCUT2D eigenvalue weighted by atomic mass is 10.1. The molecule has 0 aliphatic carbocycles. The molecule has 27 heavy (non-hydrogen) atoms. The van der Waals surface area contributed by atoms with Crippen molar-refractivity contribution in [1.82, 2.24) is 10.6 Å². The second-order valence-corrected chi connectivity index (χ2v) is 6.43. The highest BCUT2D eigenvalue weighted by Crippen LogP contribution is 2.08. The van der Waals surface area contributed by atoms with Gasteiger partial charge in [0.2, 0.25) is 5.91 Å². The number of ether oxygens (including phenoxy) is 1. The Bertz CT molecular complexity index is 778. The van der Waals surface area contributed by atoms with E-state index >= 15 is 0 Å². The van der Waals surface area contributed by atoms with Crippen molar-refractivity contribution in [1.29, 1.82) is 0 Å². The van der Waals surface area contributed by atoms with Crippen LogP contribution in [0.25, 0.3) is 6.08 Å². The van der Waals surface area contributed by atoms with E-state index in [1.165, 1.54) is 6.08 Å². The first-order valence-electron chi connectivity index (χ1n) is 8.95. The molecule has 142 valence electrons. The fraction of sp³-hybridized carbons (Fsp3) is 0.273. The van der Waals surface area contributed by atoms with Crippen LogP contribution in [0.15, 0.2) is 54.6 Å².